The summed E-state index contributed by atoms with van der Waals surface area (Å²) in [5.74, 6) is 0.118. The fraction of sp³-hybridized carbons (Fsp3) is 0.200. The lowest BCUT2D eigenvalue weighted by Gasteiger charge is -2.11. The molecule has 3 N–H and O–H groups in total. The zero-order chi connectivity index (χ0) is 19.4. The highest BCUT2D eigenvalue weighted by Crippen LogP contribution is 2.27. The summed E-state index contributed by atoms with van der Waals surface area (Å²) in [5.41, 5.74) is 2.87. The molecule has 2 aromatic carbocycles. The van der Waals surface area contributed by atoms with Gasteiger partial charge in [0.1, 0.15) is 11.3 Å². The first-order chi connectivity index (χ1) is 13.0. The lowest BCUT2D eigenvalue weighted by molar-refractivity contribution is 0.187. The van der Waals surface area contributed by atoms with Gasteiger partial charge in [0.05, 0.1) is 7.11 Å². The molecule has 140 valence electrons. The first-order valence-electron chi connectivity index (χ1n) is 8.47. The lowest BCUT2D eigenvalue weighted by Crippen LogP contribution is -2.10. The van der Waals surface area contributed by atoms with E-state index in [9.17, 15) is 14.7 Å². The minimum atomic E-state index is -0.534. The topological polar surface area (TPSA) is 101 Å². The zero-order valence-electron chi connectivity index (χ0n) is 15.0. The number of carbonyl (C=O) groups excluding carboxylic acids is 1. The van der Waals surface area contributed by atoms with Crippen LogP contribution in [0.1, 0.15) is 18.1 Å². The first kappa shape index (κ1) is 18.3. The third kappa shape index (κ3) is 4.20. The molecule has 0 saturated carbocycles. The SMILES string of the molecule is CCc1cc2c(CNc3ccc(NC(=O)OC)cc3)cc(=O)oc2cc1O. The fourth-order valence-electron chi connectivity index (χ4n) is 2.77. The maximum absolute atomic E-state index is 11.8. The van der Waals surface area contributed by atoms with Crippen LogP contribution >= 0.6 is 0 Å². The Labute approximate surface area is 155 Å². The average Bonchev–Trinajstić information content (AvgIpc) is 2.66. The molecule has 0 aliphatic rings. The number of nitrogens with one attached hydrogen (secondary N) is 2. The van der Waals surface area contributed by atoms with Gasteiger partial charge >= 0.3 is 11.7 Å². The smallest absolute Gasteiger partial charge is 0.411 e. The quantitative estimate of drug-likeness (QED) is 0.592. The third-order valence-electron chi connectivity index (χ3n) is 4.21. The van der Waals surface area contributed by atoms with E-state index in [1.165, 1.54) is 19.2 Å². The molecule has 7 heteroatoms. The molecule has 0 saturated heterocycles. The number of rotatable bonds is 5. The second kappa shape index (κ2) is 7.82. The predicted molar refractivity (Wildman–Crippen MR) is 103 cm³/mol. The van der Waals surface area contributed by atoms with Gasteiger partial charge in [0.25, 0.3) is 0 Å². The molecule has 0 aliphatic heterocycles. The van der Waals surface area contributed by atoms with Crippen molar-refractivity contribution >= 4 is 28.4 Å². The Balaban J connectivity index is 1.82. The second-order valence-electron chi connectivity index (χ2n) is 5.97. The van der Waals surface area contributed by atoms with Crippen LogP contribution in [-0.2, 0) is 17.7 Å². The number of methoxy groups -OCH3 is 1. The van der Waals surface area contributed by atoms with Gasteiger partial charge < -0.3 is 19.6 Å². The summed E-state index contributed by atoms with van der Waals surface area (Å²) in [6.07, 6.45) is 0.135. The van der Waals surface area contributed by atoms with Gasteiger partial charge in [-0.15, -0.1) is 0 Å². The summed E-state index contributed by atoms with van der Waals surface area (Å²) in [7, 11) is 1.30. The highest BCUT2D eigenvalue weighted by atomic mass is 16.5. The molecule has 1 heterocycles. The number of fused-ring (bicyclic) bond motifs is 1. The van der Waals surface area contributed by atoms with Crippen molar-refractivity contribution < 1.29 is 19.1 Å². The molecule has 3 aromatic rings. The third-order valence-corrected chi connectivity index (χ3v) is 4.21. The maximum Gasteiger partial charge on any atom is 0.411 e. The summed E-state index contributed by atoms with van der Waals surface area (Å²) in [4.78, 5) is 23.0. The van der Waals surface area contributed by atoms with Gasteiger partial charge in [-0.25, -0.2) is 9.59 Å². The zero-order valence-corrected chi connectivity index (χ0v) is 15.0. The van der Waals surface area contributed by atoms with Crippen molar-refractivity contribution in [3.05, 3.63) is 64.0 Å². The van der Waals surface area contributed by atoms with E-state index in [1.54, 1.807) is 12.1 Å². The summed E-state index contributed by atoms with van der Waals surface area (Å²) in [6.45, 7) is 2.35. The number of aryl methyl sites for hydroxylation is 1. The highest BCUT2D eigenvalue weighted by molar-refractivity contribution is 5.85. The largest absolute Gasteiger partial charge is 0.508 e. The molecule has 1 amide bonds. The van der Waals surface area contributed by atoms with Crippen LogP contribution in [0.15, 0.2) is 51.7 Å². The van der Waals surface area contributed by atoms with Crippen molar-refractivity contribution in [2.24, 2.45) is 0 Å². The van der Waals surface area contributed by atoms with E-state index in [4.69, 9.17) is 4.42 Å². The molecule has 0 radical (unpaired) electrons. The summed E-state index contributed by atoms with van der Waals surface area (Å²) in [6, 6.07) is 11.9. The van der Waals surface area contributed by atoms with E-state index in [0.29, 0.717) is 24.2 Å². The molecule has 0 unspecified atom stereocenters. The molecular weight excluding hydrogens is 348 g/mol. The number of phenols is 1. The molecule has 0 fully saturated rings. The molecule has 27 heavy (non-hydrogen) atoms. The van der Waals surface area contributed by atoms with Crippen LogP contribution in [0.2, 0.25) is 0 Å². The van der Waals surface area contributed by atoms with Crippen molar-refractivity contribution in [2.45, 2.75) is 19.9 Å². The molecule has 7 nitrogen and oxygen atoms in total. The fourth-order valence-corrected chi connectivity index (χ4v) is 2.77. The van der Waals surface area contributed by atoms with Crippen molar-refractivity contribution in [3.8, 4) is 5.75 Å². The van der Waals surface area contributed by atoms with Crippen LogP contribution in [0.25, 0.3) is 11.0 Å². The Morgan fingerprint density at radius 2 is 1.81 bits per heavy atom. The maximum atomic E-state index is 11.8. The number of amides is 1. The lowest BCUT2D eigenvalue weighted by atomic mass is 10.0. The van der Waals surface area contributed by atoms with E-state index in [-0.39, 0.29) is 5.75 Å². The normalized spacial score (nSPS) is 10.6. The molecular formula is C20H20N2O5. The van der Waals surface area contributed by atoms with Gasteiger partial charge in [0.15, 0.2) is 0 Å². The summed E-state index contributed by atoms with van der Waals surface area (Å²) in [5, 5.41) is 16.6. The molecule has 0 bridgehead atoms. The Bertz CT molecular complexity index is 1020. The van der Waals surface area contributed by atoms with Gasteiger partial charge in [-0.1, -0.05) is 6.92 Å². The standard InChI is InChI=1S/C20H20N2O5/c1-3-12-8-16-13(9-19(24)27-18(16)10-17(12)23)11-21-14-4-6-15(7-5-14)22-20(25)26-2/h4-10,21,23H,3,11H2,1-2H3,(H,22,25). The number of ether oxygens (including phenoxy) is 1. The van der Waals surface area contributed by atoms with E-state index < -0.39 is 11.7 Å². The van der Waals surface area contributed by atoms with E-state index in [1.807, 2.05) is 25.1 Å². The molecule has 0 spiro atoms. The number of carbonyl (C=O) groups is 1. The molecule has 0 atom stereocenters. The molecule has 1 aromatic heterocycles. The minimum Gasteiger partial charge on any atom is -0.508 e. The van der Waals surface area contributed by atoms with Crippen LogP contribution in [-0.4, -0.2) is 18.3 Å². The number of phenolic OH excluding ortho intramolecular Hbond substituents is 1. The highest BCUT2D eigenvalue weighted by Gasteiger charge is 2.10. The first-order valence-corrected chi connectivity index (χ1v) is 8.47. The van der Waals surface area contributed by atoms with Crippen molar-refractivity contribution in [1.29, 1.82) is 0 Å². The number of hydrogen-bond acceptors (Lipinski definition) is 6. The monoisotopic (exact) mass is 368 g/mol. The number of benzene rings is 2. The van der Waals surface area contributed by atoms with Crippen LogP contribution < -0.4 is 16.3 Å². The van der Waals surface area contributed by atoms with Gasteiger partial charge in [0.2, 0.25) is 0 Å². The molecule has 0 aliphatic carbocycles. The number of anilines is 2. The van der Waals surface area contributed by atoms with Gasteiger partial charge in [-0.2, -0.15) is 0 Å². The van der Waals surface area contributed by atoms with Gasteiger partial charge in [-0.3, -0.25) is 5.32 Å². The summed E-state index contributed by atoms with van der Waals surface area (Å²) < 4.78 is 9.75. The minimum absolute atomic E-state index is 0.118. The Morgan fingerprint density at radius 3 is 2.48 bits per heavy atom. The number of hydrogen-bond donors (Lipinski definition) is 3. The Kier molecular flexibility index (Phi) is 5.30. The van der Waals surface area contributed by atoms with Crippen LogP contribution in [0, 0.1) is 0 Å². The Morgan fingerprint density at radius 1 is 1.11 bits per heavy atom. The van der Waals surface area contributed by atoms with Crippen molar-refractivity contribution in [3.63, 3.8) is 0 Å². The average molecular weight is 368 g/mol. The van der Waals surface area contributed by atoms with Crippen molar-refractivity contribution in [1.82, 2.24) is 0 Å². The van der Waals surface area contributed by atoms with Crippen molar-refractivity contribution in [2.75, 3.05) is 17.7 Å². The van der Waals surface area contributed by atoms with Crippen LogP contribution in [0.4, 0.5) is 16.2 Å². The molecule has 3 rings (SSSR count). The van der Waals surface area contributed by atoms with E-state index in [2.05, 4.69) is 15.4 Å². The van der Waals surface area contributed by atoms with Gasteiger partial charge in [0, 0.05) is 35.4 Å². The number of aromatic hydroxyl groups is 1. The van der Waals surface area contributed by atoms with Gasteiger partial charge in [-0.05, 0) is 47.9 Å². The van der Waals surface area contributed by atoms with E-state index >= 15 is 0 Å². The van der Waals surface area contributed by atoms with E-state index in [0.717, 1.165) is 22.2 Å². The predicted octanol–water partition coefficient (Wildman–Crippen LogP) is 3.85. The van der Waals surface area contributed by atoms with Crippen LogP contribution in [0.5, 0.6) is 5.75 Å². The summed E-state index contributed by atoms with van der Waals surface area (Å²) >= 11 is 0. The van der Waals surface area contributed by atoms with Crippen LogP contribution in [0.3, 0.4) is 0 Å². The Hall–Kier alpha value is -3.48. The second-order valence-corrected chi connectivity index (χ2v) is 5.97.